The number of carbonyl (C=O) groups excluding carboxylic acids is 3. The van der Waals surface area contributed by atoms with Crippen LogP contribution in [0.2, 0.25) is 0 Å². The van der Waals surface area contributed by atoms with E-state index in [1.165, 1.54) is 0 Å². The van der Waals surface area contributed by atoms with Gasteiger partial charge in [-0.25, -0.2) is 0 Å². The van der Waals surface area contributed by atoms with Crippen molar-refractivity contribution in [2.45, 2.75) is 81.8 Å². The van der Waals surface area contributed by atoms with Crippen LogP contribution in [-0.2, 0) is 14.4 Å². The topological polar surface area (TPSA) is 81.2 Å². The van der Waals surface area contributed by atoms with E-state index in [1.54, 1.807) is 33.7 Å². The average Bonchev–Trinajstić information content (AvgIpc) is 3.51. The van der Waals surface area contributed by atoms with Gasteiger partial charge in [0.1, 0.15) is 6.04 Å². The van der Waals surface area contributed by atoms with Crippen LogP contribution in [0.3, 0.4) is 0 Å². The number of aryl methyl sites for hydroxylation is 2. The normalized spacial score (nSPS) is 28.1. The molecular formula is C33H47N3O4S. The van der Waals surface area contributed by atoms with Gasteiger partial charge in [-0.05, 0) is 76.5 Å². The Morgan fingerprint density at radius 1 is 1.12 bits per heavy atom. The number of aliphatic hydroxyl groups is 1. The van der Waals surface area contributed by atoms with Crippen LogP contribution >= 0.6 is 11.8 Å². The zero-order valence-corrected chi connectivity index (χ0v) is 26.0. The molecule has 0 aromatic heterocycles. The van der Waals surface area contributed by atoms with E-state index in [4.69, 9.17) is 0 Å². The Balaban J connectivity index is 1.80. The van der Waals surface area contributed by atoms with Crippen molar-refractivity contribution in [1.29, 1.82) is 0 Å². The number of nitrogens with zero attached hydrogens (tertiary/aromatic N) is 3. The Morgan fingerprint density at radius 2 is 1.85 bits per heavy atom. The van der Waals surface area contributed by atoms with Gasteiger partial charge in [0.05, 0.1) is 16.6 Å². The third-order valence-electron chi connectivity index (χ3n) is 9.22. The minimum absolute atomic E-state index is 0.00693. The van der Waals surface area contributed by atoms with E-state index >= 15 is 0 Å². The number of aliphatic hydroxyl groups excluding tert-OH is 1. The van der Waals surface area contributed by atoms with Crippen LogP contribution in [0.1, 0.15) is 63.5 Å². The summed E-state index contributed by atoms with van der Waals surface area (Å²) >= 11 is 1.72. The minimum atomic E-state index is -0.669. The number of fused-ring (bicyclic) bond motifs is 1. The van der Waals surface area contributed by atoms with E-state index in [0.717, 1.165) is 42.5 Å². The fraction of sp³-hybridized carbons (Fsp3) is 0.606. The van der Waals surface area contributed by atoms with E-state index in [2.05, 4.69) is 20.1 Å². The molecule has 224 valence electrons. The zero-order chi connectivity index (χ0) is 29.9. The van der Waals surface area contributed by atoms with Crippen LogP contribution in [0.4, 0.5) is 5.69 Å². The van der Waals surface area contributed by atoms with Crippen LogP contribution in [0.5, 0.6) is 0 Å². The molecule has 1 aromatic rings. The molecule has 2 unspecified atom stereocenters. The van der Waals surface area contributed by atoms with Gasteiger partial charge in [-0.15, -0.1) is 24.9 Å². The van der Waals surface area contributed by atoms with Crippen LogP contribution in [-0.4, -0.2) is 80.9 Å². The number of thioether (sulfide) groups is 1. The summed E-state index contributed by atoms with van der Waals surface area (Å²) < 4.78 is -1.07. The fourth-order valence-corrected chi connectivity index (χ4v) is 9.74. The molecule has 0 aliphatic carbocycles. The molecule has 3 saturated heterocycles. The zero-order valence-electron chi connectivity index (χ0n) is 25.2. The van der Waals surface area contributed by atoms with Crippen LogP contribution < -0.4 is 4.90 Å². The molecule has 4 rings (SSSR count). The fourth-order valence-electron chi connectivity index (χ4n) is 7.40. The lowest BCUT2D eigenvalue weighted by Crippen LogP contribution is -2.55. The lowest BCUT2D eigenvalue weighted by atomic mass is 9.66. The van der Waals surface area contributed by atoms with Crippen LogP contribution in [0.25, 0.3) is 0 Å². The highest BCUT2D eigenvalue weighted by molar-refractivity contribution is 8.02. The summed E-state index contributed by atoms with van der Waals surface area (Å²) in [7, 11) is 0. The van der Waals surface area contributed by atoms with Gasteiger partial charge in [0.2, 0.25) is 11.8 Å². The summed E-state index contributed by atoms with van der Waals surface area (Å²) in [5, 5.41) is 9.33. The molecule has 5 atom stereocenters. The van der Waals surface area contributed by atoms with E-state index < -0.39 is 27.4 Å². The van der Waals surface area contributed by atoms with Crippen molar-refractivity contribution >= 4 is 35.2 Å². The Morgan fingerprint density at radius 3 is 2.51 bits per heavy atom. The van der Waals surface area contributed by atoms with Crippen molar-refractivity contribution in [3.8, 4) is 0 Å². The second kappa shape index (κ2) is 12.7. The molecule has 0 radical (unpaired) electrons. The van der Waals surface area contributed by atoms with Crippen molar-refractivity contribution in [2.75, 3.05) is 37.7 Å². The molecule has 3 amide bonds. The second-order valence-corrected chi connectivity index (χ2v) is 14.0. The molecule has 1 spiro atoms. The molecule has 8 heteroatoms. The smallest absolute Gasteiger partial charge is 0.251 e. The molecule has 0 saturated carbocycles. The summed E-state index contributed by atoms with van der Waals surface area (Å²) in [6, 6.07) is 5.42. The largest absolute Gasteiger partial charge is 0.396 e. The highest BCUT2D eigenvalue weighted by atomic mass is 32.2. The molecule has 1 aromatic carbocycles. The first-order chi connectivity index (χ1) is 19.6. The predicted octanol–water partition coefficient (Wildman–Crippen LogP) is 4.89. The molecule has 3 aliphatic rings. The molecule has 1 N–H and O–H groups in total. The quantitative estimate of drug-likeness (QED) is 0.250. The SMILES string of the molecule is C=CCN(CCC)C(=O)[C@@H]1[C@H]2C(=O)N(CCCCCO)C(C(=O)N(CC=C)c3cc(C)ccc3C)C23CC[C@@]1(C)S3. The Kier molecular flexibility index (Phi) is 9.74. The van der Waals surface area contributed by atoms with Crippen LogP contribution in [0, 0.1) is 25.7 Å². The third-order valence-corrected chi connectivity index (χ3v) is 11.2. The summed E-state index contributed by atoms with van der Waals surface area (Å²) in [4.78, 5) is 48.9. The Bertz CT molecular complexity index is 1190. The summed E-state index contributed by atoms with van der Waals surface area (Å²) in [5.74, 6) is -1.19. The number of unbranched alkanes of at least 4 members (excludes halogenated alkanes) is 2. The standard InChI is InChI=1S/C33H47N3O4S/c1-7-17-34(18-8-2)29(38)26-27-30(39)36(20-11-10-12-21-37)28(33(27)16-15-32(26,6)41-33)31(40)35(19-9-3)25-22-23(4)13-14-24(25)5/h7,9,13-14,22,26-28,37H,1,3,8,10-12,15-21H2,2,4-6H3/t26-,27-,28?,32+,33?/m0/s1. The Hall–Kier alpha value is -2.58. The predicted molar refractivity (Wildman–Crippen MR) is 167 cm³/mol. The first-order valence-corrected chi connectivity index (χ1v) is 15.9. The number of benzene rings is 1. The van der Waals surface area contributed by atoms with E-state index in [9.17, 15) is 19.5 Å². The van der Waals surface area contributed by atoms with Gasteiger partial charge in [0.15, 0.2) is 0 Å². The first kappa shape index (κ1) is 31.4. The summed E-state index contributed by atoms with van der Waals surface area (Å²) in [6.45, 7) is 17.9. The van der Waals surface area contributed by atoms with Crippen molar-refractivity contribution in [3.63, 3.8) is 0 Å². The summed E-state index contributed by atoms with van der Waals surface area (Å²) in [5.41, 5.74) is 2.88. The van der Waals surface area contributed by atoms with Crippen molar-refractivity contribution in [3.05, 3.63) is 54.6 Å². The van der Waals surface area contributed by atoms with Crippen molar-refractivity contribution in [2.24, 2.45) is 11.8 Å². The van der Waals surface area contributed by atoms with E-state index in [0.29, 0.717) is 39.0 Å². The number of anilines is 1. The van der Waals surface area contributed by atoms with Crippen LogP contribution in [0.15, 0.2) is 43.5 Å². The van der Waals surface area contributed by atoms with E-state index in [-0.39, 0.29) is 24.3 Å². The van der Waals surface area contributed by atoms with E-state index in [1.807, 2.05) is 43.9 Å². The lowest BCUT2D eigenvalue weighted by molar-refractivity contribution is -0.145. The number of amides is 3. The molecule has 41 heavy (non-hydrogen) atoms. The highest BCUT2D eigenvalue weighted by Crippen LogP contribution is 2.71. The van der Waals surface area contributed by atoms with Gasteiger partial charge in [-0.2, -0.15) is 0 Å². The highest BCUT2D eigenvalue weighted by Gasteiger charge is 2.77. The maximum absolute atomic E-state index is 14.8. The number of carbonyl (C=O) groups is 3. The van der Waals surface area contributed by atoms with Gasteiger partial charge in [-0.3, -0.25) is 14.4 Å². The van der Waals surface area contributed by atoms with Crippen molar-refractivity contribution in [1.82, 2.24) is 9.80 Å². The molecular weight excluding hydrogens is 534 g/mol. The molecule has 3 fully saturated rings. The molecule has 2 bridgehead atoms. The number of hydrogen-bond acceptors (Lipinski definition) is 5. The first-order valence-electron chi connectivity index (χ1n) is 15.1. The second-order valence-electron chi connectivity index (χ2n) is 12.1. The maximum Gasteiger partial charge on any atom is 0.251 e. The molecule has 3 heterocycles. The third kappa shape index (κ3) is 5.50. The van der Waals surface area contributed by atoms with Crippen molar-refractivity contribution < 1.29 is 19.5 Å². The monoisotopic (exact) mass is 581 g/mol. The van der Waals surface area contributed by atoms with Gasteiger partial charge in [-0.1, -0.05) is 31.2 Å². The average molecular weight is 582 g/mol. The van der Waals surface area contributed by atoms with Gasteiger partial charge >= 0.3 is 0 Å². The molecule has 3 aliphatic heterocycles. The number of likely N-dealkylation sites (tertiary alicyclic amines) is 1. The summed E-state index contributed by atoms with van der Waals surface area (Å²) in [6.07, 6.45) is 7.94. The lowest BCUT2D eigenvalue weighted by Gasteiger charge is -2.38. The number of hydrogen-bond donors (Lipinski definition) is 1. The van der Waals surface area contributed by atoms with Gasteiger partial charge in [0.25, 0.3) is 5.91 Å². The minimum Gasteiger partial charge on any atom is -0.396 e. The Labute approximate surface area is 250 Å². The van der Waals surface area contributed by atoms with Gasteiger partial charge in [0, 0.05) is 43.2 Å². The van der Waals surface area contributed by atoms with Gasteiger partial charge < -0.3 is 19.8 Å². The molecule has 7 nitrogen and oxygen atoms in total. The number of rotatable bonds is 14. The maximum atomic E-state index is 14.8.